The summed E-state index contributed by atoms with van der Waals surface area (Å²) >= 11 is 2.96. The highest BCUT2D eigenvalue weighted by atomic mass is 79.9. The van der Waals surface area contributed by atoms with E-state index in [4.69, 9.17) is 0 Å². The largest absolute Gasteiger partial charge is 0.420 e. The van der Waals surface area contributed by atoms with Gasteiger partial charge in [-0.05, 0) is 30.0 Å². The van der Waals surface area contributed by atoms with Crippen LogP contribution in [0.3, 0.4) is 0 Å². The number of aliphatic hydroxyl groups excluding tert-OH is 1. The Bertz CT molecular complexity index is 378. The molecule has 0 aliphatic rings. The molecule has 0 saturated heterocycles. The highest BCUT2D eigenvalue weighted by Crippen LogP contribution is 2.35. The zero-order valence-electron chi connectivity index (χ0n) is 9.37. The van der Waals surface area contributed by atoms with Gasteiger partial charge in [0.15, 0.2) is 6.10 Å². The van der Waals surface area contributed by atoms with Gasteiger partial charge in [-0.15, -0.1) is 0 Å². The molecule has 1 atom stereocenters. The van der Waals surface area contributed by atoms with Crippen molar-refractivity contribution in [1.29, 1.82) is 0 Å². The average molecular weight is 316 g/mol. The first-order valence-corrected chi connectivity index (χ1v) is 5.63. The van der Waals surface area contributed by atoms with Gasteiger partial charge in [-0.1, -0.05) is 0 Å². The molecule has 0 radical (unpaired) electrons. The maximum absolute atomic E-state index is 12.4. The Labute approximate surface area is 105 Å². The van der Waals surface area contributed by atoms with Crippen LogP contribution in [0.5, 0.6) is 0 Å². The molecule has 98 valence electrons. The van der Waals surface area contributed by atoms with Crippen LogP contribution in [0.4, 0.5) is 13.2 Å². The monoisotopic (exact) mass is 315 g/mol. The van der Waals surface area contributed by atoms with Gasteiger partial charge in [0.25, 0.3) is 0 Å². The Morgan fingerprint density at radius 3 is 2.59 bits per heavy atom. The molecule has 0 aromatic carbocycles. The molecule has 1 aromatic rings. The summed E-state index contributed by atoms with van der Waals surface area (Å²) in [4.78, 5) is 1.82. The van der Waals surface area contributed by atoms with Crippen molar-refractivity contribution in [2.45, 2.75) is 18.8 Å². The molecular formula is C9H13BrF3N3O. The molecule has 0 saturated carbocycles. The molecule has 4 nitrogen and oxygen atoms in total. The van der Waals surface area contributed by atoms with E-state index in [0.29, 0.717) is 6.54 Å². The molecule has 1 aromatic heterocycles. The Morgan fingerprint density at radius 2 is 2.12 bits per heavy atom. The second-order valence-electron chi connectivity index (χ2n) is 3.85. The van der Waals surface area contributed by atoms with E-state index in [1.165, 1.54) is 6.20 Å². The molecule has 0 aliphatic carbocycles. The predicted molar refractivity (Wildman–Crippen MR) is 59.5 cm³/mol. The second-order valence-corrected chi connectivity index (χ2v) is 4.70. The van der Waals surface area contributed by atoms with E-state index in [9.17, 15) is 18.3 Å². The molecule has 0 fully saturated rings. The molecule has 1 N–H and O–H groups in total. The number of rotatable bonds is 4. The van der Waals surface area contributed by atoms with E-state index in [-0.39, 0.29) is 16.7 Å². The SMILES string of the molecule is CN(C)CCn1ncc(Br)c1[C@@H](O)C(F)(F)F. The molecular weight excluding hydrogens is 303 g/mol. The van der Waals surface area contributed by atoms with Gasteiger partial charge in [0.2, 0.25) is 0 Å². The lowest BCUT2D eigenvalue weighted by Crippen LogP contribution is -2.26. The average Bonchev–Trinajstić information content (AvgIpc) is 2.54. The summed E-state index contributed by atoms with van der Waals surface area (Å²) in [5.74, 6) is 0. The van der Waals surface area contributed by atoms with Crippen LogP contribution < -0.4 is 0 Å². The highest BCUT2D eigenvalue weighted by molar-refractivity contribution is 9.10. The van der Waals surface area contributed by atoms with Crippen LogP contribution in [-0.4, -0.2) is 46.6 Å². The molecule has 8 heteroatoms. The van der Waals surface area contributed by atoms with E-state index >= 15 is 0 Å². The van der Waals surface area contributed by atoms with Crippen LogP contribution >= 0.6 is 15.9 Å². The minimum absolute atomic E-state index is 0.154. The van der Waals surface area contributed by atoms with Crippen LogP contribution in [-0.2, 0) is 6.54 Å². The normalized spacial score (nSPS) is 14.4. The Hall–Kier alpha value is -0.600. The van der Waals surface area contributed by atoms with E-state index in [0.717, 1.165) is 4.68 Å². The summed E-state index contributed by atoms with van der Waals surface area (Å²) < 4.78 is 38.7. The van der Waals surface area contributed by atoms with E-state index in [1.54, 1.807) is 14.1 Å². The number of halogens is 4. The predicted octanol–water partition coefficient (Wildman–Crippen LogP) is 1.80. The van der Waals surface area contributed by atoms with Crippen molar-refractivity contribution in [3.05, 3.63) is 16.4 Å². The third-order valence-corrected chi connectivity index (χ3v) is 2.77. The van der Waals surface area contributed by atoms with Crippen molar-refractivity contribution in [1.82, 2.24) is 14.7 Å². The number of aromatic nitrogens is 2. The van der Waals surface area contributed by atoms with Gasteiger partial charge >= 0.3 is 6.18 Å². The summed E-state index contributed by atoms with van der Waals surface area (Å²) in [6.45, 7) is 0.812. The highest BCUT2D eigenvalue weighted by Gasteiger charge is 2.42. The minimum atomic E-state index is -4.70. The standard InChI is InChI=1S/C9H13BrF3N3O/c1-15(2)3-4-16-7(6(10)5-14-16)8(17)9(11,12)13/h5,8,17H,3-4H2,1-2H3/t8-/m1/s1. The quantitative estimate of drug-likeness (QED) is 0.921. The molecule has 0 amide bonds. The van der Waals surface area contributed by atoms with Gasteiger partial charge in [-0.2, -0.15) is 18.3 Å². The zero-order valence-corrected chi connectivity index (χ0v) is 11.0. The summed E-state index contributed by atoms with van der Waals surface area (Å²) in [5, 5.41) is 13.0. The molecule has 1 heterocycles. The van der Waals surface area contributed by atoms with E-state index in [2.05, 4.69) is 21.0 Å². The minimum Gasteiger partial charge on any atom is -0.378 e. The van der Waals surface area contributed by atoms with Gasteiger partial charge in [0.05, 0.1) is 22.9 Å². The van der Waals surface area contributed by atoms with Gasteiger partial charge in [-0.25, -0.2) is 0 Å². The Balaban J connectivity index is 2.94. The van der Waals surface area contributed by atoms with Crippen LogP contribution in [0.2, 0.25) is 0 Å². The van der Waals surface area contributed by atoms with Crippen LogP contribution in [0.15, 0.2) is 10.7 Å². The number of hydrogen-bond acceptors (Lipinski definition) is 3. The van der Waals surface area contributed by atoms with Gasteiger partial charge in [0.1, 0.15) is 0 Å². The number of likely N-dealkylation sites (N-methyl/N-ethyl adjacent to an activating group) is 1. The maximum Gasteiger partial charge on any atom is 0.420 e. The number of alkyl halides is 3. The third-order valence-electron chi connectivity index (χ3n) is 2.16. The molecule has 17 heavy (non-hydrogen) atoms. The second kappa shape index (κ2) is 5.36. The van der Waals surface area contributed by atoms with Gasteiger partial charge in [-0.3, -0.25) is 4.68 Å². The van der Waals surface area contributed by atoms with E-state index in [1.807, 2.05) is 4.90 Å². The molecule has 0 spiro atoms. The molecule has 0 aliphatic heterocycles. The first-order chi connectivity index (χ1) is 7.73. The summed E-state index contributed by atoms with van der Waals surface area (Å²) in [7, 11) is 3.61. The smallest absolute Gasteiger partial charge is 0.378 e. The van der Waals surface area contributed by atoms with Crippen molar-refractivity contribution in [3.63, 3.8) is 0 Å². The van der Waals surface area contributed by atoms with Gasteiger partial charge in [0, 0.05) is 6.54 Å². The fraction of sp³-hybridized carbons (Fsp3) is 0.667. The lowest BCUT2D eigenvalue weighted by Gasteiger charge is -2.18. The maximum atomic E-state index is 12.4. The lowest BCUT2D eigenvalue weighted by molar-refractivity contribution is -0.209. The fourth-order valence-corrected chi connectivity index (χ4v) is 1.78. The lowest BCUT2D eigenvalue weighted by atomic mass is 10.2. The Kier molecular flexibility index (Phi) is 4.56. The van der Waals surface area contributed by atoms with Gasteiger partial charge < -0.3 is 10.0 Å². The zero-order chi connectivity index (χ0) is 13.2. The summed E-state index contributed by atoms with van der Waals surface area (Å²) in [6.07, 6.45) is -5.97. The van der Waals surface area contributed by atoms with Crippen molar-refractivity contribution in [2.75, 3.05) is 20.6 Å². The van der Waals surface area contributed by atoms with Crippen molar-refractivity contribution in [3.8, 4) is 0 Å². The summed E-state index contributed by atoms with van der Waals surface area (Å²) in [5.41, 5.74) is -0.264. The third kappa shape index (κ3) is 3.68. The first kappa shape index (κ1) is 14.5. The summed E-state index contributed by atoms with van der Waals surface area (Å²) in [6, 6.07) is 0. The van der Waals surface area contributed by atoms with Crippen LogP contribution in [0.25, 0.3) is 0 Å². The topological polar surface area (TPSA) is 41.3 Å². The molecule has 0 unspecified atom stereocenters. The number of aliphatic hydroxyl groups is 1. The molecule has 1 rings (SSSR count). The number of nitrogens with zero attached hydrogens (tertiary/aromatic N) is 3. The van der Waals surface area contributed by atoms with Crippen LogP contribution in [0.1, 0.15) is 11.8 Å². The van der Waals surface area contributed by atoms with E-state index < -0.39 is 12.3 Å². The fourth-order valence-electron chi connectivity index (χ4n) is 1.27. The van der Waals surface area contributed by atoms with Crippen molar-refractivity contribution < 1.29 is 18.3 Å². The van der Waals surface area contributed by atoms with Crippen molar-refractivity contribution >= 4 is 15.9 Å². The first-order valence-electron chi connectivity index (χ1n) is 4.84. The molecule has 0 bridgehead atoms. The van der Waals surface area contributed by atoms with Crippen molar-refractivity contribution in [2.24, 2.45) is 0 Å². The Morgan fingerprint density at radius 1 is 1.53 bits per heavy atom. The number of hydrogen-bond donors (Lipinski definition) is 1. The van der Waals surface area contributed by atoms with Crippen LogP contribution in [0, 0.1) is 0 Å².